The maximum atomic E-state index is 11.9. The molecule has 0 radical (unpaired) electrons. The number of hydrogen-bond acceptors (Lipinski definition) is 6. The van der Waals surface area contributed by atoms with Gasteiger partial charge in [-0.1, -0.05) is 0 Å². The third-order valence-corrected chi connectivity index (χ3v) is 3.40. The Hall–Kier alpha value is -1.57. The molecule has 1 aliphatic heterocycles. The lowest BCUT2D eigenvalue weighted by Gasteiger charge is -2.33. The fourth-order valence-corrected chi connectivity index (χ4v) is 2.20. The topological polar surface area (TPSA) is 90.2 Å². The maximum Gasteiger partial charge on any atom is 0.287 e. The molecule has 1 saturated heterocycles. The van der Waals surface area contributed by atoms with Crippen molar-refractivity contribution >= 4 is 5.91 Å². The van der Waals surface area contributed by atoms with Crippen molar-refractivity contribution in [1.29, 1.82) is 0 Å². The molecule has 1 amide bonds. The number of methoxy groups -OCH3 is 1. The maximum absolute atomic E-state index is 11.9. The molecule has 21 heavy (non-hydrogen) atoms. The molecule has 1 fully saturated rings. The van der Waals surface area contributed by atoms with Crippen molar-refractivity contribution in [3.8, 4) is 5.95 Å². The van der Waals surface area contributed by atoms with Crippen LogP contribution in [0, 0.1) is 5.92 Å². The molecule has 118 valence electrons. The average molecular weight is 299 g/mol. The van der Waals surface area contributed by atoms with Gasteiger partial charge in [-0.15, -0.1) is 0 Å². The molecule has 0 aliphatic carbocycles. The minimum Gasteiger partial charge on any atom is -0.465 e. The van der Waals surface area contributed by atoms with Crippen molar-refractivity contribution in [2.45, 2.75) is 19.1 Å². The quantitative estimate of drug-likeness (QED) is 0.792. The predicted molar refractivity (Wildman–Crippen MR) is 73.3 cm³/mol. The van der Waals surface area contributed by atoms with Crippen molar-refractivity contribution in [3.63, 3.8) is 0 Å². The van der Waals surface area contributed by atoms with E-state index >= 15 is 0 Å². The number of nitrogens with one attached hydrogen (secondary N) is 1. The number of aliphatic hydroxyl groups is 1. The van der Waals surface area contributed by atoms with Gasteiger partial charge < -0.3 is 29.1 Å². The lowest BCUT2D eigenvalue weighted by atomic mass is 9.96. The van der Waals surface area contributed by atoms with Crippen LogP contribution in [0.5, 0.6) is 5.95 Å². The summed E-state index contributed by atoms with van der Waals surface area (Å²) in [4.78, 5) is 11.9. The first-order valence-electron chi connectivity index (χ1n) is 6.95. The number of carbonyl (C=O) groups is 1. The number of carbonyl (C=O) groups excluding carboxylic acids is 1. The van der Waals surface area contributed by atoms with Crippen LogP contribution in [-0.4, -0.2) is 56.7 Å². The molecule has 0 saturated carbocycles. The second kappa shape index (κ2) is 7.44. The van der Waals surface area contributed by atoms with Crippen LogP contribution in [0.1, 0.15) is 17.5 Å². The Kier molecular flexibility index (Phi) is 5.60. The third kappa shape index (κ3) is 3.96. The standard InChI is InChI=1S/C14H21NO6/c1-3-20-12-5-4-10(21-12)14(17)15-6-9-7-19-8-11(18-2)13(9)16/h4-5,9,11,13,16H,3,6-8H2,1-2H3,(H,15,17)/t9-,11-,13+/m1/s1. The van der Waals surface area contributed by atoms with E-state index in [2.05, 4.69) is 5.32 Å². The average Bonchev–Trinajstić information content (AvgIpc) is 2.95. The van der Waals surface area contributed by atoms with Crippen LogP contribution < -0.4 is 10.1 Å². The third-order valence-electron chi connectivity index (χ3n) is 3.40. The molecule has 0 unspecified atom stereocenters. The Bertz CT molecular complexity index is 460. The largest absolute Gasteiger partial charge is 0.465 e. The zero-order chi connectivity index (χ0) is 15.2. The Morgan fingerprint density at radius 3 is 3.00 bits per heavy atom. The molecule has 0 bridgehead atoms. The number of aliphatic hydroxyl groups excluding tert-OH is 1. The van der Waals surface area contributed by atoms with Crippen molar-refractivity contribution in [1.82, 2.24) is 5.32 Å². The van der Waals surface area contributed by atoms with Crippen LogP contribution in [0.25, 0.3) is 0 Å². The van der Waals surface area contributed by atoms with Gasteiger partial charge in [0.15, 0.2) is 5.76 Å². The van der Waals surface area contributed by atoms with E-state index in [1.165, 1.54) is 7.11 Å². The highest BCUT2D eigenvalue weighted by Crippen LogP contribution is 2.18. The number of rotatable bonds is 6. The zero-order valence-electron chi connectivity index (χ0n) is 12.2. The molecular formula is C14H21NO6. The normalized spacial score (nSPS) is 25.6. The van der Waals surface area contributed by atoms with E-state index in [1.54, 1.807) is 12.1 Å². The molecule has 0 spiro atoms. The number of furan rings is 1. The summed E-state index contributed by atoms with van der Waals surface area (Å²) in [7, 11) is 1.52. The summed E-state index contributed by atoms with van der Waals surface area (Å²) in [5, 5.41) is 12.8. The van der Waals surface area contributed by atoms with E-state index in [4.69, 9.17) is 18.6 Å². The highest BCUT2D eigenvalue weighted by atomic mass is 16.6. The van der Waals surface area contributed by atoms with Gasteiger partial charge in [0.25, 0.3) is 11.9 Å². The first-order chi connectivity index (χ1) is 10.2. The van der Waals surface area contributed by atoms with E-state index < -0.39 is 6.10 Å². The second-order valence-electron chi connectivity index (χ2n) is 4.82. The summed E-state index contributed by atoms with van der Waals surface area (Å²) < 4.78 is 20.9. The van der Waals surface area contributed by atoms with Crippen LogP contribution in [0.15, 0.2) is 16.5 Å². The van der Waals surface area contributed by atoms with Gasteiger partial charge in [-0.3, -0.25) is 4.79 Å². The molecule has 1 aromatic heterocycles. The Labute approximate surface area is 123 Å². The number of hydrogen-bond donors (Lipinski definition) is 2. The number of ether oxygens (including phenoxy) is 3. The van der Waals surface area contributed by atoms with E-state index in [0.717, 1.165) is 0 Å². The first kappa shape index (κ1) is 15.8. The molecule has 1 aromatic rings. The van der Waals surface area contributed by atoms with Crippen LogP contribution in [-0.2, 0) is 9.47 Å². The van der Waals surface area contributed by atoms with Gasteiger partial charge in [0, 0.05) is 25.6 Å². The molecule has 1 aliphatic rings. The van der Waals surface area contributed by atoms with Crippen LogP contribution in [0.2, 0.25) is 0 Å². The molecule has 3 atom stereocenters. The van der Waals surface area contributed by atoms with Gasteiger partial charge in [-0.05, 0) is 13.0 Å². The molecule has 2 N–H and O–H groups in total. The van der Waals surface area contributed by atoms with Crippen molar-refractivity contribution < 1.29 is 28.5 Å². The molecule has 7 heteroatoms. The fraction of sp³-hybridized carbons (Fsp3) is 0.643. The minimum absolute atomic E-state index is 0.174. The van der Waals surface area contributed by atoms with Gasteiger partial charge in [0.1, 0.15) is 6.10 Å². The smallest absolute Gasteiger partial charge is 0.287 e. The second-order valence-corrected chi connectivity index (χ2v) is 4.82. The molecule has 2 rings (SSSR count). The lowest BCUT2D eigenvalue weighted by Crippen LogP contribution is -2.49. The highest BCUT2D eigenvalue weighted by Gasteiger charge is 2.33. The van der Waals surface area contributed by atoms with Crippen molar-refractivity contribution in [2.24, 2.45) is 5.92 Å². The monoisotopic (exact) mass is 299 g/mol. The van der Waals surface area contributed by atoms with Crippen LogP contribution in [0.3, 0.4) is 0 Å². The Morgan fingerprint density at radius 2 is 2.29 bits per heavy atom. The first-order valence-corrected chi connectivity index (χ1v) is 6.95. The Morgan fingerprint density at radius 1 is 1.48 bits per heavy atom. The van der Waals surface area contributed by atoms with Gasteiger partial charge >= 0.3 is 0 Å². The fourth-order valence-electron chi connectivity index (χ4n) is 2.20. The van der Waals surface area contributed by atoms with E-state index in [0.29, 0.717) is 25.8 Å². The van der Waals surface area contributed by atoms with Gasteiger partial charge in [-0.2, -0.15) is 0 Å². The van der Waals surface area contributed by atoms with Gasteiger partial charge in [-0.25, -0.2) is 0 Å². The van der Waals surface area contributed by atoms with E-state index in [9.17, 15) is 9.90 Å². The molecule has 7 nitrogen and oxygen atoms in total. The lowest BCUT2D eigenvalue weighted by molar-refractivity contribution is -0.132. The summed E-state index contributed by atoms with van der Waals surface area (Å²) >= 11 is 0. The van der Waals surface area contributed by atoms with Gasteiger partial charge in [0.2, 0.25) is 0 Å². The highest BCUT2D eigenvalue weighted by molar-refractivity contribution is 5.91. The predicted octanol–water partition coefficient (Wildman–Crippen LogP) is 0.430. The number of amides is 1. The minimum atomic E-state index is -0.667. The van der Waals surface area contributed by atoms with E-state index in [1.807, 2.05) is 6.92 Å². The summed E-state index contributed by atoms with van der Waals surface area (Å²) in [6.45, 7) is 3.32. The van der Waals surface area contributed by atoms with E-state index in [-0.39, 0.29) is 30.2 Å². The summed E-state index contributed by atoms with van der Waals surface area (Å²) in [6, 6.07) is 3.14. The summed E-state index contributed by atoms with van der Waals surface area (Å²) in [5.41, 5.74) is 0. The van der Waals surface area contributed by atoms with Crippen molar-refractivity contribution in [3.05, 3.63) is 17.9 Å². The Balaban J connectivity index is 1.85. The van der Waals surface area contributed by atoms with Crippen LogP contribution >= 0.6 is 0 Å². The van der Waals surface area contributed by atoms with Crippen LogP contribution in [0.4, 0.5) is 0 Å². The van der Waals surface area contributed by atoms with Crippen molar-refractivity contribution in [2.75, 3.05) is 33.5 Å². The molecule has 0 aromatic carbocycles. The molecular weight excluding hydrogens is 278 g/mol. The van der Waals surface area contributed by atoms with Gasteiger partial charge in [0.05, 0.1) is 25.9 Å². The summed E-state index contributed by atoms with van der Waals surface area (Å²) in [6.07, 6.45) is -1.03. The molecule has 2 heterocycles. The SMILES string of the molecule is CCOc1ccc(C(=O)NC[C@@H]2COC[C@@H](OC)[C@H]2O)o1. The summed E-state index contributed by atoms with van der Waals surface area (Å²) in [5.74, 6) is -0.0854. The zero-order valence-corrected chi connectivity index (χ0v) is 12.2.